The Morgan fingerprint density at radius 2 is 2.06 bits per heavy atom. The molecule has 1 atom stereocenters. The van der Waals surface area contributed by atoms with Crippen LogP contribution in [0.1, 0.15) is 18.5 Å². The lowest BCUT2D eigenvalue weighted by Gasteiger charge is -2.21. The van der Waals surface area contributed by atoms with E-state index in [2.05, 4.69) is 15.5 Å². The molecule has 4 heterocycles. The second kappa shape index (κ2) is 7.88. The van der Waals surface area contributed by atoms with Crippen molar-refractivity contribution in [3.05, 3.63) is 64.0 Å². The van der Waals surface area contributed by atoms with Gasteiger partial charge in [0.1, 0.15) is 37.3 Å². The molecule has 0 saturated carbocycles. The van der Waals surface area contributed by atoms with Crippen LogP contribution >= 0.6 is 11.3 Å². The lowest BCUT2D eigenvalue weighted by molar-refractivity contribution is -0.122. The van der Waals surface area contributed by atoms with E-state index in [9.17, 15) is 9.59 Å². The summed E-state index contributed by atoms with van der Waals surface area (Å²) in [5.74, 6) is 1.04. The van der Waals surface area contributed by atoms with Crippen molar-refractivity contribution in [2.45, 2.75) is 19.5 Å². The molecule has 1 amide bonds. The molecule has 0 saturated heterocycles. The van der Waals surface area contributed by atoms with E-state index in [1.807, 2.05) is 42.6 Å². The molecule has 0 fully saturated rings. The average molecular weight is 437 g/mol. The fourth-order valence-electron chi connectivity index (χ4n) is 3.43. The van der Waals surface area contributed by atoms with Gasteiger partial charge in [0.05, 0.1) is 10.9 Å². The lowest BCUT2D eigenvalue weighted by atomic mass is 10.1. The average Bonchev–Trinajstić information content (AvgIpc) is 3.45. The van der Waals surface area contributed by atoms with E-state index < -0.39 is 0 Å². The van der Waals surface area contributed by atoms with Crippen LogP contribution in [-0.2, 0) is 11.3 Å². The fraction of sp³-hybridized carbons (Fsp3) is 0.238. The van der Waals surface area contributed by atoms with Crippen LogP contribution in [0, 0.1) is 0 Å². The van der Waals surface area contributed by atoms with Crippen LogP contribution in [-0.4, -0.2) is 38.5 Å². The third-order valence-electron chi connectivity index (χ3n) is 5.00. The molecule has 0 aliphatic carbocycles. The van der Waals surface area contributed by atoms with Crippen molar-refractivity contribution in [1.29, 1.82) is 0 Å². The predicted molar refractivity (Wildman–Crippen MR) is 115 cm³/mol. The molecule has 4 aromatic rings. The molecule has 1 aliphatic rings. The number of rotatable bonds is 5. The summed E-state index contributed by atoms with van der Waals surface area (Å²) in [5, 5.41) is 13.3. The molecule has 1 aromatic carbocycles. The number of nitrogens with zero attached hydrogens (tertiary/aromatic N) is 4. The van der Waals surface area contributed by atoms with Crippen LogP contribution in [0.15, 0.2) is 52.9 Å². The standard InChI is InChI=1S/C21H19N5O4S/c1-13(14-4-5-17-18(9-14)30-7-6-29-17)23-20(27)11-25-21(28)16-10-15(19-3-2-8-31-19)24-26(16)12-22-25/h2-5,8-10,12-13H,6-7,11H2,1H3,(H,23,27). The molecule has 10 heteroatoms. The second-order valence-electron chi connectivity index (χ2n) is 7.12. The Kier molecular flexibility index (Phi) is 4.91. The van der Waals surface area contributed by atoms with E-state index in [1.165, 1.54) is 22.2 Å². The van der Waals surface area contributed by atoms with Gasteiger partial charge >= 0.3 is 0 Å². The van der Waals surface area contributed by atoms with Gasteiger partial charge in [-0.15, -0.1) is 11.3 Å². The van der Waals surface area contributed by atoms with Crippen LogP contribution in [0.3, 0.4) is 0 Å². The highest BCUT2D eigenvalue weighted by Crippen LogP contribution is 2.32. The van der Waals surface area contributed by atoms with Gasteiger partial charge in [-0.05, 0) is 42.1 Å². The molecule has 3 aromatic heterocycles. The molecule has 0 bridgehead atoms. The maximum atomic E-state index is 12.8. The second-order valence-corrected chi connectivity index (χ2v) is 8.07. The minimum atomic E-state index is -0.375. The van der Waals surface area contributed by atoms with Crippen LogP contribution < -0.4 is 20.3 Å². The van der Waals surface area contributed by atoms with E-state index >= 15 is 0 Å². The molecule has 5 rings (SSSR count). The van der Waals surface area contributed by atoms with Gasteiger partial charge in [-0.25, -0.2) is 9.20 Å². The van der Waals surface area contributed by atoms with E-state index in [1.54, 1.807) is 6.07 Å². The van der Waals surface area contributed by atoms with Gasteiger partial charge in [-0.1, -0.05) is 12.1 Å². The number of hydrogen-bond acceptors (Lipinski definition) is 7. The monoisotopic (exact) mass is 437 g/mol. The number of benzene rings is 1. The van der Waals surface area contributed by atoms with Crippen molar-refractivity contribution >= 4 is 22.8 Å². The minimum Gasteiger partial charge on any atom is -0.486 e. The quantitative estimate of drug-likeness (QED) is 0.514. The molecule has 1 N–H and O–H groups in total. The fourth-order valence-corrected chi connectivity index (χ4v) is 4.11. The van der Waals surface area contributed by atoms with Gasteiger partial charge in [0, 0.05) is 0 Å². The van der Waals surface area contributed by atoms with Crippen molar-refractivity contribution in [1.82, 2.24) is 24.7 Å². The number of amides is 1. The Bertz CT molecular complexity index is 1310. The molecule has 1 aliphatic heterocycles. The van der Waals surface area contributed by atoms with E-state index in [-0.39, 0.29) is 24.1 Å². The third kappa shape index (κ3) is 3.77. The predicted octanol–water partition coefficient (Wildman–Crippen LogP) is 2.27. The molecular formula is C21H19N5O4S. The van der Waals surface area contributed by atoms with Gasteiger partial charge in [-0.3, -0.25) is 9.59 Å². The summed E-state index contributed by atoms with van der Waals surface area (Å²) < 4.78 is 13.7. The number of thiophene rings is 1. The molecular weight excluding hydrogens is 418 g/mol. The van der Waals surface area contributed by atoms with Crippen molar-refractivity contribution in [3.8, 4) is 22.1 Å². The Hall–Kier alpha value is -3.66. The summed E-state index contributed by atoms with van der Waals surface area (Å²) in [4.78, 5) is 26.3. The highest BCUT2D eigenvalue weighted by Gasteiger charge is 2.17. The van der Waals surface area contributed by atoms with Crippen LogP contribution in [0.2, 0.25) is 0 Å². The number of fused-ring (bicyclic) bond motifs is 2. The van der Waals surface area contributed by atoms with Gasteiger partial charge in [0.25, 0.3) is 5.56 Å². The van der Waals surface area contributed by atoms with Crippen molar-refractivity contribution < 1.29 is 14.3 Å². The Balaban J connectivity index is 1.32. The summed E-state index contributed by atoms with van der Waals surface area (Å²) in [7, 11) is 0. The first-order chi connectivity index (χ1) is 15.1. The Morgan fingerprint density at radius 3 is 2.87 bits per heavy atom. The maximum absolute atomic E-state index is 12.8. The van der Waals surface area contributed by atoms with Crippen LogP contribution in [0.25, 0.3) is 16.1 Å². The molecule has 0 spiro atoms. The topological polar surface area (TPSA) is 99.8 Å². The SMILES string of the molecule is CC(NC(=O)Cn1ncn2nc(-c3cccs3)cc2c1=O)c1ccc2c(c1)OCCO2. The number of nitrogens with one attached hydrogen (secondary N) is 1. The lowest BCUT2D eigenvalue weighted by Crippen LogP contribution is -2.35. The Morgan fingerprint density at radius 1 is 1.23 bits per heavy atom. The molecule has 158 valence electrons. The first kappa shape index (κ1) is 19.3. The van der Waals surface area contributed by atoms with Crippen molar-refractivity contribution in [2.75, 3.05) is 13.2 Å². The van der Waals surface area contributed by atoms with Crippen molar-refractivity contribution in [3.63, 3.8) is 0 Å². The summed E-state index contributed by atoms with van der Waals surface area (Å²) in [6.07, 6.45) is 1.44. The number of aromatic nitrogens is 4. The van der Waals surface area contributed by atoms with Crippen LogP contribution in [0.4, 0.5) is 0 Å². The molecule has 1 unspecified atom stereocenters. The zero-order chi connectivity index (χ0) is 21.4. The zero-order valence-corrected chi connectivity index (χ0v) is 17.5. The van der Waals surface area contributed by atoms with Crippen LogP contribution in [0.5, 0.6) is 11.5 Å². The Labute approximate surface area is 180 Å². The highest BCUT2D eigenvalue weighted by molar-refractivity contribution is 7.13. The number of hydrogen-bond donors (Lipinski definition) is 1. The molecule has 9 nitrogen and oxygen atoms in total. The normalized spacial score (nSPS) is 13.8. The van der Waals surface area contributed by atoms with Gasteiger partial charge < -0.3 is 14.8 Å². The summed E-state index contributed by atoms with van der Waals surface area (Å²) >= 11 is 1.54. The maximum Gasteiger partial charge on any atom is 0.293 e. The van der Waals surface area contributed by atoms with Gasteiger partial charge in [0.2, 0.25) is 5.91 Å². The summed E-state index contributed by atoms with van der Waals surface area (Å²) in [5.41, 5.74) is 1.57. The molecule has 0 radical (unpaired) electrons. The van der Waals surface area contributed by atoms with E-state index in [0.29, 0.717) is 35.9 Å². The van der Waals surface area contributed by atoms with E-state index in [4.69, 9.17) is 9.47 Å². The van der Waals surface area contributed by atoms with E-state index in [0.717, 1.165) is 15.1 Å². The van der Waals surface area contributed by atoms with Gasteiger partial charge in [0.15, 0.2) is 11.5 Å². The zero-order valence-electron chi connectivity index (χ0n) is 16.6. The number of ether oxygens (including phenoxy) is 2. The first-order valence-electron chi connectivity index (χ1n) is 9.77. The highest BCUT2D eigenvalue weighted by atomic mass is 32.1. The third-order valence-corrected chi connectivity index (χ3v) is 5.89. The first-order valence-corrected chi connectivity index (χ1v) is 10.6. The minimum absolute atomic E-state index is 0.191. The number of carbonyl (C=O) groups excluding carboxylic acids is 1. The molecule has 31 heavy (non-hydrogen) atoms. The summed E-state index contributed by atoms with van der Waals surface area (Å²) in [6.45, 7) is 2.70. The van der Waals surface area contributed by atoms with Crippen molar-refractivity contribution in [2.24, 2.45) is 0 Å². The smallest absolute Gasteiger partial charge is 0.293 e. The van der Waals surface area contributed by atoms with Gasteiger partial charge in [-0.2, -0.15) is 10.2 Å². The largest absolute Gasteiger partial charge is 0.486 e. The summed E-state index contributed by atoms with van der Waals surface area (Å²) in [6, 6.07) is 10.9. The number of carbonyl (C=O) groups is 1.